The molecule has 2 aromatic rings. The van der Waals surface area contributed by atoms with Crippen LogP contribution in [-0.2, 0) is 6.54 Å². The summed E-state index contributed by atoms with van der Waals surface area (Å²) in [4.78, 5) is 10.3. The normalized spacial score (nSPS) is 9.96. The van der Waals surface area contributed by atoms with E-state index in [1.807, 2.05) is 24.3 Å². The molecule has 0 atom stereocenters. The minimum absolute atomic E-state index is 0.109. The van der Waals surface area contributed by atoms with Crippen LogP contribution in [0.3, 0.4) is 0 Å². The Labute approximate surface area is 138 Å². The maximum Gasteiger partial charge on any atom is 0.294 e. The van der Waals surface area contributed by atoms with Crippen molar-refractivity contribution in [2.45, 2.75) is 6.54 Å². The molecule has 0 spiro atoms. The van der Waals surface area contributed by atoms with Gasteiger partial charge < -0.3 is 21.1 Å². The van der Waals surface area contributed by atoms with E-state index in [4.69, 9.17) is 22.7 Å². The molecule has 120 valence electrons. The van der Waals surface area contributed by atoms with Gasteiger partial charge in [0.1, 0.15) is 11.4 Å². The van der Waals surface area contributed by atoms with Crippen molar-refractivity contribution in [2.24, 2.45) is 0 Å². The van der Waals surface area contributed by atoms with Crippen molar-refractivity contribution in [3.63, 3.8) is 0 Å². The quantitative estimate of drug-likeness (QED) is 0.335. The van der Waals surface area contributed by atoms with Crippen molar-refractivity contribution in [3.05, 3.63) is 58.1 Å². The van der Waals surface area contributed by atoms with Gasteiger partial charge in [0.25, 0.3) is 5.69 Å². The van der Waals surface area contributed by atoms with Gasteiger partial charge >= 0.3 is 0 Å². The molecule has 0 unspecified atom stereocenters. The van der Waals surface area contributed by atoms with Gasteiger partial charge in [-0.05, 0) is 42.0 Å². The van der Waals surface area contributed by atoms with Gasteiger partial charge in [-0.3, -0.25) is 10.1 Å². The lowest BCUT2D eigenvalue weighted by Crippen LogP contribution is -2.27. The molecule has 0 amide bonds. The van der Waals surface area contributed by atoms with Crippen LogP contribution in [0.4, 0.5) is 17.1 Å². The molecule has 0 fully saturated rings. The third-order valence-corrected chi connectivity index (χ3v) is 3.34. The van der Waals surface area contributed by atoms with Gasteiger partial charge in [-0.15, -0.1) is 0 Å². The van der Waals surface area contributed by atoms with E-state index in [2.05, 4.69) is 10.6 Å². The summed E-state index contributed by atoms with van der Waals surface area (Å²) in [5.74, 6) is 0.781. The molecule has 0 saturated carbocycles. The van der Waals surface area contributed by atoms with Crippen molar-refractivity contribution < 1.29 is 9.66 Å². The highest BCUT2D eigenvalue weighted by Crippen LogP contribution is 2.24. The number of rotatable bonds is 5. The number of ether oxygens (including phenoxy) is 1. The largest absolute Gasteiger partial charge is 0.497 e. The van der Waals surface area contributed by atoms with Gasteiger partial charge in [0.15, 0.2) is 5.11 Å². The first-order chi connectivity index (χ1) is 11.0. The first kappa shape index (κ1) is 16.5. The van der Waals surface area contributed by atoms with Gasteiger partial charge in [-0.25, -0.2) is 0 Å². The number of anilines is 2. The summed E-state index contributed by atoms with van der Waals surface area (Å²) in [6.45, 7) is 0.521. The summed E-state index contributed by atoms with van der Waals surface area (Å²) in [6.07, 6.45) is 0. The van der Waals surface area contributed by atoms with Gasteiger partial charge in [-0.2, -0.15) is 0 Å². The van der Waals surface area contributed by atoms with E-state index in [9.17, 15) is 10.1 Å². The number of nitro groups is 1. The van der Waals surface area contributed by atoms with E-state index in [0.29, 0.717) is 17.3 Å². The standard InChI is InChI=1S/C15H16N4O3S/c1-22-12-5-2-10(3-6-12)9-17-15(23)18-11-4-7-13(16)14(8-11)19(20)21/h2-8H,9,16H2,1H3,(H2,17,18,23). The SMILES string of the molecule is COc1ccc(CNC(=S)Nc2ccc(N)c([N+](=O)[O-])c2)cc1. The second-order valence-electron chi connectivity index (χ2n) is 4.69. The molecule has 2 rings (SSSR count). The molecule has 0 aliphatic heterocycles. The van der Waals surface area contributed by atoms with Crippen LogP contribution >= 0.6 is 12.2 Å². The van der Waals surface area contributed by atoms with E-state index in [0.717, 1.165) is 11.3 Å². The second-order valence-corrected chi connectivity index (χ2v) is 5.09. The Morgan fingerprint density at radius 3 is 2.61 bits per heavy atom. The van der Waals surface area contributed by atoms with E-state index in [1.165, 1.54) is 12.1 Å². The van der Waals surface area contributed by atoms with Crippen LogP contribution < -0.4 is 21.1 Å². The number of benzene rings is 2. The molecule has 2 aromatic carbocycles. The number of methoxy groups -OCH3 is 1. The number of nitrogen functional groups attached to an aromatic ring is 1. The van der Waals surface area contributed by atoms with Crippen LogP contribution in [0.2, 0.25) is 0 Å². The van der Waals surface area contributed by atoms with Gasteiger partial charge in [0, 0.05) is 18.3 Å². The Morgan fingerprint density at radius 1 is 1.30 bits per heavy atom. The molecule has 23 heavy (non-hydrogen) atoms. The molecule has 7 nitrogen and oxygen atoms in total. The number of nitrogens with two attached hydrogens (primary N) is 1. The fourth-order valence-corrected chi connectivity index (χ4v) is 2.07. The highest BCUT2D eigenvalue weighted by Gasteiger charge is 2.12. The van der Waals surface area contributed by atoms with Crippen molar-refractivity contribution in [1.82, 2.24) is 5.32 Å². The van der Waals surface area contributed by atoms with Gasteiger partial charge in [-0.1, -0.05) is 12.1 Å². The number of nitrogens with zero attached hydrogens (tertiary/aromatic N) is 1. The summed E-state index contributed by atoms with van der Waals surface area (Å²) in [6, 6.07) is 12.0. The zero-order valence-corrected chi connectivity index (χ0v) is 13.2. The Balaban J connectivity index is 1.94. The topological polar surface area (TPSA) is 102 Å². The molecule has 0 saturated heterocycles. The Bertz CT molecular complexity index is 719. The summed E-state index contributed by atoms with van der Waals surface area (Å²) >= 11 is 5.18. The highest BCUT2D eigenvalue weighted by molar-refractivity contribution is 7.80. The Hall–Kier alpha value is -2.87. The summed E-state index contributed by atoms with van der Waals surface area (Å²) < 4.78 is 5.09. The van der Waals surface area contributed by atoms with Gasteiger partial charge in [0.2, 0.25) is 0 Å². The van der Waals surface area contributed by atoms with Crippen LogP contribution in [0.15, 0.2) is 42.5 Å². The van der Waals surface area contributed by atoms with E-state index in [1.54, 1.807) is 13.2 Å². The molecule has 8 heteroatoms. The lowest BCUT2D eigenvalue weighted by Gasteiger charge is -2.11. The first-order valence-corrected chi connectivity index (χ1v) is 7.12. The number of nitrogens with one attached hydrogen (secondary N) is 2. The number of hydrogen-bond donors (Lipinski definition) is 3. The summed E-state index contributed by atoms with van der Waals surface area (Å²) in [5, 5.41) is 17.1. The molecule has 0 aliphatic carbocycles. The zero-order chi connectivity index (χ0) is 16.8. The minimum Gasteiger partial charge on any atom is -0.497 e. The van der Waals surface area contributed by atoms with Crippen LogP contribution in [0.25, 0.3) is 0 Å². The Morgan fingerprint density at radius 2 is 2.00 bits per heavy atom. The lowest BCUT2D eigenvalue weighted by molar-refractivity contribution is -0.383. The average molecular weight is 332 g/mol. The molecule has 0 radical (unpaired) electrons. The predicted molar refractivity (Wildman–Crippen MR) is 93.6 cm³/mol. The summed E-state index contributed by atoms with van der Waals surface area (Å²) in [7, 11) is 1.61. The first-order valence-electron chi connectivity index (χ1n) is 6.71. The number of hydrogen-bond acceptors (Lipinski definition) is 5. The van der Waals surface area contributed by atoms with Gasteiger partial charge in [0.05, 0.1) is 12.0 Å². The average Bonchev–Trinajstić information content (AvgIpc) is 2.55. The summed E-state index contributed by atoms with van der Waals surface area (Å²) in [5.41, 5.74) is 7.03. The molecule has 0 heterocycles. The van der Waals surface area contributed by atoms with Crippen LogP contribution in [0.1, 0.15) is 5.56 Å². The second kappa shape index (κ2) is 7.41. The molecule has 0 aromatic heterocycles. The number of nitro benzene ring substituents is 1. The van der Waals surface area contributed by atoms with E-state index in [-0.39, 0.29) is 11.4 Å². The minimum atomic E-state index is -0.533. The highest BCUT2D eigenvalue weighted by atomic mass is 32.1. The Kier molecular flexibility index (Phi) is 5.32. The molecule has 0 aliphatic rings. The van der Waals surface area contributed by atoms with E-state index >= 15 is 0 Å². The lowest BCUT2D eigenvalue weighted by atomic mass is 10.2. The zero-order valence-electron chi connectivity index (χ0n) is 12.4. The number of thiocarbonyl (C=S) groups is 1. The predicted octanol–water partition coefficient (Wildman–Crippen LogP) is 2.67. The maximum absolute atomic E-state index is 10.9. The van der Waals surface area contributed by atoms with Crippen LogP contribution in [0, 0.1) is 10.1 Å². The maximum atomic E-state index is 10.9. The van der Waals surface area contributed by atoms with Crippen LogP contribution in [-0.4, -0.2) is 17.1 Å². The third-order valence-electron chi connectivity index (χ3n) is 3.10. The molecular weight excluding hydrogens is 316 g/mol. The van der Waals surface area contributed by atoms with E-state index < -0.39 is 4.92 Å². The van der Waals surface area contributed by atoms with Crippen molar-refractivity contribution in [3.8, 4) is 5.75 Å². The molecule has 0 bridgehead atoms. The van der Waals surface area contributed by atoms with Crippen molar-refractivity contribution >= 4 is 34.4 Å². The molecular formula is C15H16N4O3S. The fourth-order valence-electron chi connectivity index (χ4n) is 1.88. The molecule has 4 N–H and O–H groups in total. The van der Waals surface area contributed by atoms with Crippen molar-refractivity contribution in [2.75, 3.05) is 18.2 Å². The van der Waals surface area contributed by atoms with Crippen molar-refractivity contribution in [1.29, 1.82) is 0 Å². The fraction of sp³-hybridized carbons (Fsp3) is 0.133. The smallest absolute Gasteiger partial charge is 0.294 e. The monoisotopic (exact) mass is 332 g/mol. The van der Waals surface area contributed by atoms with Crippen LogP contribution in [0.5, 0.6) is 5.75 Å². The third kappa shape index (κ3) is 4.55.